The van der Waals surface area contributed by atoms with Gasteiger partial charge in [-0.1, -0.05) is 12.1 Å². The standard InChI is InChI=1S/C15H17N3O2/c1-20-15-13(3-2-10-17-15)14(19)18-12-6-4-11(5-7-12)8-9-16/h2-7,10H,8-9,16H2,1H3,(H,18,19). The summed E-state index contributed by atoms with van der Waals surface area (Å²) in [7, 11) is 1.49. The van der Waals surface area contributed by atoms with Gasteiger partial charge in [-0.2, -0.15) is 0 Å². The molecule has 0 aliphatic rings. The molecule has 2 rings (SSSR count). The van der Waals surface area contributed by atoms with Crippen LogP contribution in [0.1, 0.15) is 15.9 Å². The number of carbonyl (C=O) groups excluding carboxylic acids is 1. The minimum absolute atomic E-state index is 0.249. The largest absolute Gasteiger partial charge is 0.480 e. The highest BCUT2D eigenvalue weighted by molar-refractivity contribution is 6.05. The Morgan fingerprint density at radius 3 is 2.70 bits per heavy atom. The summed E-state index contributed by atoms with van der Waals surface area (Å²) < 4.78 is 5.07. The average Bonchev–Trinajstić information content (AvgIpc) is 2.49. The number of amides is 1. The van der Waals surface area contributed by atoms with Crippen molar-refractivity contribution in [3.8, 4) is 5.88 Å². The topological polar surface area (TPSA) is 77.2 Å². The van der Waals surface area contributed by atoms with E-state index in [4.69, 9.17) is 10.5 Å². The molecule has 3 N–H and O–H groups in total. The van der Waals surface area contributed by atoms with Crippen LogP contribution < -0.4 is 15.8 Å². The highest BCUT2D eigenvalue weighted by atomic mass is 16.5. The zero-order valence-electron chi connectivity index (χ0n) is 11.3. The highest BCUT2D eigenvalue weighted by Crippen LogP contribution is 2.16. The molecule has 1 aromatic heterocycles. The van der Waals surface area contributed by atoms with Gasteiger partial charge in [0.15, 0.2) is 0 Å². The van der Waals surface area contributed by atoms with Crippen molar-refractivity contribution in [2.24, 2.45) is 5.73 Å². The quantitative estimate of drug-likeness (QED) is 0.870. The van der Waals surface area contributed by atoms with Gasteiger partial charge in [0, 0.05) is 11.9 Å². The van der Waals surface area contributed by atoms with Crippen LogP contribution in [0.3, 0.4) is 0 Å². The molecule has 0 spiro atoms. The van der Waals surface area contributed by atoms with Crippen molar-refractivity contribution in [3.63, 3.8) is 0 Å². The Morgan fingerprint density at radius 1 is 1.30 bits per heavy atom. The summed E-state index contributed by atoms with van der Waals surface area (Å²) in [6.07, 6.45) is 2.40. The lowest BCUT2D eigenvalue weighted by Crippen LogP contribution is -2.13. The molecule has 0 saturated heterocycles. The van der Waals surface area contributed by atoms with Crippen LogP contribution in [0, 0.1) is 0 Å². The maximum absolute atomic E-state index is 12.2. The van der Waals surface area contributed by atoms with Gasteiger partial charge in [0.1, 0.15) is 5.56 Å². The van der Waals surface area contributed by atoms with Crippen molar-refractivity contribution < 1.29 is 9.53 Å². The fourth-order valence-corrected chi connectivity index (χ4v) is 1.85. The summed E-state index contributed by atoms with van der Waals surface area (Å²) in [4.78, 5) is 16.2. The summed E-state index contributed by atoms with van der Waals surface area (Å²) in [5, 5.41) is 2.81. The molecule has 0 aliphatic heterocycles. The third kappa shape index (κ3) is 3.33. The minimum atomic E-state index is -0.249. The van der Waals surface area contributed by atoms with E-state index >= 15 is 0 Å². The number of rotatable bonds is 5. The van der Waals surface area contributed by atoms with E-state index in [-0.39, 0.29) is 5.91 Å². The van der Waals surface area contributed by atoms with Gasteiger partial charge in [0.2, 0.25) is 5.88 Å². The van der Waals surface area contributed by atoms with Gasteiger partial charge in [-0.25, -0.2) is 4.98 Å². The van der Waals surface area contributed by atoms with Crippen molar-refractivity contribution in [1.82, 2.24) is 4.98 Å². The second-order valence-electron chi connectivity index (χ2n) is 4.25. The van der Waals surface area contributed by atoms with Gasteiger partial charge in [-0.3, -0.25) is 4.79 Å². The second-order valence-corrected chi connectivity index (χ2v) is 4.25. The number of anilines is 1. The van der Waals surface area contributed by atoms with Crippen LogP contribution >= 0.6 is 0 Å². The first-order valence-electron chi connectivity index (χ1n) is 6.34. The summed E-state index contributed by atoms with van der Waals surface area (Å²) in [6, 6.07) is 11.0. The predicted molar refractivity (Wildman–Crippen MR) is 77.9 cm³/mol. The van der Waals surface area contributed by atoms with Gasteiger partial charge in [-0.15, -0.1) is 0 Å². The molecule has 2 aromatic rings. The second kappa shape index (κ2) is 6.68. The van der Waals surface area contributed by atoms with E-state index in [1.165, 1.54) is 7.11 Å². The monoisotopic (exact) mass is 271 g/mol. The van der Waals surface area contributed by atoms with E-state index in [1.807, 2.05) is 24.3 Å². The van der Waals surface area contributed by atoms with E-state index < -0.39 is 0 Å². The number of hydrogen-bond acceptors (Lipinski definition) is 4. The molecule has 0 unspecified atom stereocenters. The molecule has 0 aliphatic carbocycles. The summed E-state index contributed by atoms with van der Waals surface area (Å²) in [6.45, 7) is 0.610. The van der Waals surface area contributed by atoms with Crippen molar-refractivity contribution in [2.75, 3.05) is 19.0 Å². The van der Waals surface area contributed by atoms with Crippen LogP contribution in [-0.2, 0) is 6.42 Å². The molecule has 5 heteroatoms. The SMILES string of the molecule is COc1ncccc1C(=O)Nc1ccc(CCN)cc1. The van der Waals surface area contributed by atoms with Crippen LogP contribution in [0.15, 0.2) is 42.6 Å². The van der Waals surface area contributed by atoms with E-state index in [2.05, 4.69) is 10.3 Å². The van der Waals surface area contributed by atoms with E-state index in [9.17, 15) is 4.79 Å². The van der Waals surface area contributed by atoms with E-state index in [0.29, 0.717) is 18.0 Å². The molecular weight excluding hydrogens is 254 g/mol. The van der Waals surface area contributed by atoms with Gasteiger partial charge < -0.3 is 15.8 Å². The van der Waals surface area contributed by atoms with Gasteiger partial charge in [-0.05, 0) is 42.8 Å². The number of aromatic nitrogens is 1. The summed E-state index contributed by atoms with van der Waals surface area (Å²) >= 11 is 0. The molecular formula is C15H17N3O2. The molecule has 0 atom stereocenters. The summed E-state index contributed by atoms with van der Waals surface area (Å²) in [5.74, 6) is 0.0614. The van der Waals surface area contributed by atoms with Gasteiger partial charge >= 0.3 is 0 Å². The van der Waals surface area contributed by atoms with Crippen LogP contribution in [-0.4, -0.2) is 24.5 Å². The lowest BCUT2D eigenvalue weighted by Gasteiger charge is -2.08. The van der Waals surface area contributed by atoms with Gasteiger partial charge in [0.25, 0.3) is 5.91 Å². The number of nitrogens with one attached hydrogen (secondary N) is 1. The molecule has 1 heterocycles. The normalized spacial score (nSPS) is 10.1. The molecule has 1 amide bonds. The van der Waals surface area contributed by atoms with Crippen LogP contribution in [0.25, 0.3) is 0 Å². The fraction of sp³-hybridized carbons (Fsp3) is 0.200. The number of hydrogen-bond donors (Lipinski definition) is 2. The van der Waals surface area contributed by atoms with E-state index in [0.717, 1.165) is 17.7 Å². The first-order valence-corrected chi connectivity index (χ1v) is 6.34. The molecule has 0 bridgehead atoms. The van der Waals surface area contributed by atoms with Crippen LogP contribution in [0.2, 0.25) is 0 Å². The molecule has 20 heavy (non-hydrogen) atoms. The first-order chi connectivity index (χ1) is 9.74. The number of nitrogens with two attached hydrogens (primary N) is 1. The fourth-order valence-electron chi connectivity index (χ4n) is 1.85. The molecule has 0 saturated carbocycles. The number of methoxy groups -OCH3 is 1. The number of ether oxygens (including phenoxy) is 1. The van der Waals surface area contributed by atoms with Crippen molar-refractivity contribution in [3.05, 3.63) is 53.7 Å². The Bertz CT molecular complexity index is 582. The molecule has 5 nitrogen and oxygen atoms in total. The highest BCUT2D eigenvalue weighted by Gasteiger charge is 2.12. The smallest absolute Gasteiger partial charge is 0.261 e. The average molecular weight is 271 g/mol. The Hall–Kier alpha value is -2.40. The first kappa shape index (κ1) is 14.0. The lowest BCUT2D eigenvalue weighted by atomic mass is 10.1. The third-order valence-corrected chi connectivity index (χ3v) is 2.85. The maximum atomic E-state index is 12.2. The number of nitrogens with zero attached hydrogens (tertiary/aromatic N) is 1. The zero-order valence-corrected chi connectivity index (χ0v) is 11.3. The Balaban J connectivity index is 2.11. The number of pyridine rings is 1. The number of benzene rings is 1. The van der Waals surface area contributed by atoms with E-state index in [1.54, 1.807) is 18.3 Å². The zero-order chi connectivity index (χ0) is 14.4. The molecule has 0 radical (unpaired) electrons. The third-order valence-electron chi connectivity index (χ3n) is 2.85. The number of carbonyl (C=O) groups is 1. The van der Waals surface area contributed by atoms with Crippen LogP contribution in [0.5, 0.6) is 5.88 Å². The van der Waals surface area contributed by atoms with Crippen LogP contribution in [0.4, 0.5) is 5.69 Å². The van der Waals surface area contributed by atoms with Gasteiger partial charge in [0.05, 0.1) is 7.11 Å². The predicted octanol–water partition coefficient (Wildman–Crippen LogP) is 1.84. The molecule has 0 fully saturated rings. The van der Waals surface area contributed by atoms with Crippen molar-refractivity contribution in [2.45, 2.75) is 6.42 Å². The summed E-state index contributed by atoms with van der Waals surface area (Å²) in [5.41, 5.74) is 7.77. The Morgan fingerprint density at radius 2 is 2.05 bits per heavy atom. The Labute approximate surface area is 117 Å². The van der Waals surface area contributed by atoms with Crippen molar-refractivity contribution in [1.29, 1.82) is 0 Å². The molecule has 104 valence electrons. The Kier molecular flexibility index (Phi) is 4.68. The maximum Gasteiger partial charge on any atom is 0.261 e. The minimum Gasteiger partial charge on any atom is -0.480 e. The lowest BCUT2D eigenvalue weighted by molar-refractivity contribution is 0.102. The van der Waals surface area contributed by atoms with Crippen molar-refractivity contribution >= 4 is 11.6 Å². The molecule has 1 aromatic carbocycles.